The summed E-state index contributed by atoms with van der Waals surface area (Å²) >= 11 is 6.14. The van der Waals surface area contributed by atoms with Crippen molar-refractivity contribution in [3.63, 3.8) is 0 Å². The van der Waals surface area contributed by atoms with E-state index in [0.717, 1.165) is 12.0 Å². The molecule has 0 saturated carbocycles. The van der Waals surface area contributed by atoms with Gasteiger partial charge in [0.2, 0.25) is 0 Å². The Morgan fingerprint density at radius 1 is 1.44 bits per heavy atom. The molecule has 0 spiro atoms. The van der Waals surface area contributed by atoms with E-state index in [-0.39, 0.29) is 17.4 Å². The second-order valence-corrected chi connectivity index (χ2v) is 6.00. The molecular weight excluding hydrogens is 304 g/mol. The molecule has 0 saturated heterocycles. The fourth-order valence-electron chi connectivity index (χ4n) is 1.10. The van der Waals surface area contributed by atoms with Crippen LogP contribution in [0.25, 0.3) is 0 Å². The van der Waals surface area contributed by atoms with Crippen molar-refractivity contribution in [1.29, 1.82) is 0 Å². The van der Waals surface area contributed by atoms with Crippen molar-refractivity contribution in [3.8, 4) is 5.75 Å². The number of hydrogen-bond acceptors (Lipinski definition) is 7. The van der Waals surface area contributed by atoms with E-state index in [1.54, 1.807) is 13.0 Å². The third-order valence-corrected chi connectivity index (χ3v) is 4.18. The van der Waals surface area contributed by atoms with E-state index in [1.807, 2.05) is 0 Å². The Morgan fingerprint density at radius 3 is 2.72 bits per heavy atom. The molecule has 1 aromatic carbocycles. The molecule has 0 bridgehead atoms. The monoisotopic (exact) mass is 314 g/mol. The van der Waals surface area contributed by atoms with Gasteiger partial charge in [0.1, 0.15) is 5.75 Å². The predicted octanol–water partition coefficient (Wildman–Crippen LogP) is 2.37. The van der Waals surface area contributed by atoms with Gasteiger partial charge in [-0.3, -0.25) is 0 Å². The highest BCUT2D eigenvalue weighted by Gasteiger charge is 2.13. The Labute approximate surface area is 114 Å². The minimum atomic E-state index is -3.67. The smallest absolute Gasteiger partial charge is 0.310 e. The molecule has 0 fully saturated rings. The number of rotatable bonds is 7. The number of benzene rings is 1. The molecule has 9 heteroatoms. The van der Waals surface area contributed by atoms with Crippen LogP contribution in [-0.2, 0) is 19.5 Å². The Kier molecular flexibility index (Phi) is 6.19. The third kappa shape index (κ3) is 5.01. The summed E-state index contributed by atoms with van der Waals surface area (Å²) in [7, 11) is -3.67. The van der Waals surface area contributed by atoms with Crippen molar-refractivity contribution in [2.24, 2.45) is 0 Å². The molecule has 1 aromatic rings. The van der Waals surface area contributed by atoms with Gasteiger partial charge in [0.05, 0.1) is 17.8 Å². The SMILES string of the molecule is Cc1cc(OS(=O)(=O)CCCl)ccc1SOOO. The Morgan fingerprint density at radius 2 is 2.17 bits per heavy atom. The first-order valence-electron chi connectivity index (χ1n) is 4.72. The lowest BCUT2D eigenvalue weighted by Gasteiger charge is -2.08. The molecule has 0 heterocycles. The molecule has 6 nitrogen and oxygen atoms in total. The van der Waals surface area contributed by atoms with E-state index in [1.165, 1.54) is 12.1 Å². The zero-order valence-corrected chi connectivity index (χ0v) is 11.7. The topological polar surface area (TPSA) is 82.1 Å². The van der Waals surface area contributed by atoms with Crippen LogP contribution < -0.4 is 4.18 Å². The van der Waals surface area contributed by atoms with Crippen molar-refractivity contribution in [1.82, 2.24) is 0 Å². The van der Waals surface area contributed by atoms with Crippen LogP contribution in [0.3, 0.4) is 0 Å². The fourth-order valence-corrected chi connectivity index (χ4v) is 2.76. The summed E-state index contributed by atoms with van der Waals surface area (Å²) in [6.07, 6.45) is 0. The van der Waals surface area contributed by atoms with E-state index in [2.05, 4.69) is 9.37 Å². The van der Waals surface area contributed by atoms with Gasteiger partial charge < -0.3 is 4.18 Å². The summed E-state index contributed by atoms with van der Waals surface area (Å²) in [5.41, 5.74) is 0.704. The van der Waals surface area contributed by atoms with Crippen LogP contribution in [0.2, 0.25) is 0 Å². The van der Waals surface area contributed by atoms with Crippen molar-refractivity contribution in [2.45, 2.75) is 11.8 Å². The summed E-state index contributed by atoms with van der Waals surface area (Å²) in [6, 6.07) is 4.56. The minimum Gasteiger partial charge on any atom is -0.382 e. The highest BCUT2D eigenvalue weighted by Crippen LogP contribution is 2.27. The first-order chi connectivity index (χ1) is 8.48. The Balaban J connectivity index is 2.78. The van der Waals surface area contributed by atoms with Crippen molar-refractivity contribution in [2.75, 3.05) is 11.6 Å². The fraction of sp³-hybridized carbons (Fsp3) is 0.333. The average Bonchev–Trinajstić information content (AvgIpc) is 2.27. The van der Waals surface area contributed by atoms with Crippen LogP contribution in [0.1, 0.15) is 5.56 Å². The van der Waals surface area contributed by atoms with E-state index < -0.39 is 10.1 Å². The van der Waals surface area contributed by atoms with Gasteiger partial charge in [-0.1, -0.05) is 5.04 Å². The first-order valence-corrected chi connectivity index (χ1v) is 7.57. The summed E-state index contributed by atoms with van der Waals surface area (Å²) in [5, 5.41) is 11.5. The van der Waals surface area contributed by atoms with E-state index in [9.17, 15) is 8.42 Å². The molecule has 0 amide bonds. The largest absolute Gasteiger partial charge is 0.382 e. The molecule has 1 rings (SSSR count). The maximum Gasteiger partial charge on any atom is 0.310 e. The maximum absolute atomic E-state index is 11.4. The molecule has 18 heavy (non-hydrogen) atoms. The van der Waals surface area contributed by atoms with Crippen LogP contribution in [0.15, 0.2) is 23.1 Å². The molecule has 0 atom stereocenters. The zero-order valence-electron chi connectivity index (χ0n) is 9.33. The quantitative estimate of drug-likeness (QED) is 0.272. The molecular formula is C9H11ClO6S2. The molecule has 102 valence electrons. The standard InChI is InChI=1S/C9H11ClO6S2/c1-7-6-8(14-18(12,13)5-4-10)2-3-9(7)17-16-15-11/h2-3,6,11H,4-5H2,1H3. The number of alkyl halides is 1. The van der Waals surface area contributed by atoms with Gasteiger partial charge in [-0.05, 0) is 30.7 Å². The van der Waals surface area contributed by atoms with Gasteiger partial charge in [0.25, 0.3) is 0 Å². The third-order valence-electron chi connectivity index (χ3n) is 1.85. The molecule has 0 unspecified atom stereocenters. The maximum atomic E-state index is 11.4. The molecule has 0 aliphatic heterocycles. The zero-order chi connectivity index (χ0) is 13.6. The first kappa shape index (κ1) is 15.5. The minimum absolute atomic E-state index is 0.0308. The lowest BCUT2D eigenvalue weighted by atomic mass is 10.2. The second-order valence-electron chi connectivity index (χ2n) is 3.19. The van der Waals surface area contributed by atoms with Crippen LogP contribution in [0.5, 0.6) is 5.75 Å². The second kappa shape index (κ2) is 7.17. The van der Waals surface area contributed by atoms with Crippen molar-refractivity contribution < 1.29 is 27.2 Å². The molecule has 1 N–H and O–H groups in total. The van der Waals surface area contributed by atoms with Crippen LogP contribution >= 0.6 is 23.6 Å². The average molecular weight is 315 g/mol. The van der Waals surface area contributed by atoms with Crippen LogP contribution in [0, 0.1) is 6.92 Å². The highest BCUT2D eigenvalue weighted by atomic mass is 35.5. The van der Waals surface area contributed by atoms with Crippen LogP contribution in [0.4, 0.5) is 0 Å². The lowest BCUT2D eigenvalue weighted by molar-refractivity contribution is -0.432. The predicted molar refractivity (Wildman–Crippen MR) is 67.0 cm³/mol. The van der Waals surface area contributed by atoms with Gasteiger partial charge in [0.15, 0.2) is 0 Å². The number of aryl methyl sites for hydroxylation is 1. The summed E-state index contributed by atoms with van der Waals surface area (Å²) in [5.74, 6) is -0.102. The van der Waals surface area contributed by atoms with Crippen molar-refractivity contribution in [3.05, 3.63) is 23.8 Å². The summed E-state index contributed by atoms with van der Waals surface area (Å²) in [4.78, 5) is 0.645. The molecule has 0 aliphatic rings. The lowest BCUT2D eigenvalue weighted by Crippen LogP contribution is -2.14. The van der Waals surface area contributed by atoms with Crippen molar-refractivity contribution >= 4 is 33.8 Å². The van der Waals surface area contributed by atoms with Gasteiger partial charge in [-0.15, -0.1) is 15.9 Å². The Hall–Kier alpha value is -0.510. The normalized spacial score (nSPS) is 11.5. The van der Waals surface area contributed by atoms with E-state index >= 15 is 0 Å². The number of hydrogen-bond donors (Lipinski definition) is 1. The van der Waals surface area contributed by atoms with Gasteiger partial charge in [-0.25, -0.2) is 5.26 Å². The Bertz CT molecular complexity index is 490. The highest BCUT2D eigenvalue weighted by molar-refractivity contribution is 7.94. The molecule has 0 aromatic heterocycles. The van der Waals surface area contributed by atoms with E-state index in [0.29, 0.717) is 10.5 Å². The number of halogens is 1. The van der Waals surface area contributed by atoms with Gasteiger partial charge in [0, 0.05) is 10.8 Å². The van der Waals surface area contributed by atoms with Gasteiger partial charge >= 0.3 is 10.1 Å². The summed E-state index contributed by atoms with van der Waals surface area (Å²) in [6.45, 7) is 1.73. The van der Waals surface area contributed by atoms with Crippen LogP contribution in [-0.4, -0.2) is 25.3 Å². The van der Waals surface area contributed by atoms with Gasteiger partial charge in [-0.2, -0.15) is 8.42 Å². The van der Waals surface area contributed by atoms with E-state index in [4.69, 9.17) is 21.0 Å². The molecule has 0 aliphatic carbocycles. The molecule has 0 radical (unpaired) electrons. The summed E-state index contributed by atoms with van der Waals surface area (Å²) < 4.78 is 31.9.